The minimum Gasteiger partial charge on any atom is -0.384 e. The second-order valence-electron chi connectivity index (χ2n) is 6.49. The highest BCUT2D eigenvalue weighted by Gasteiger charge is 2.54. The van der Waals surface area contributed by atoms with Crippen LogP contribution in [-0.2, 0) is 10.2 Å². The summed E-state index contributed by atoms with van der Waals surface area (Å²) >= 11 is 0. The maximum absolute atomic E-state index is 5.46. The zero-order valence-electron chi connectivity index (χ0n) is 12.0. The first-order chi connectivity index (χ1) is 8.48. The average Bonchev–Trinajstić information content (AvgIpc) is 3.02. The Labute approximate surface area is 111 Å². The molecule has 0 aromatic heterocycles. The van der Waals surface area contributed by atoms with Crippen LogP contribution in [0.5, 0.6) is 0 Å². The Balaban J connectivity index is 2.04. The standard InChI is InChI=1S/C16H25NO/c1-15(2,3)17-11-14-10-16(14,12-18-4)13-8-6-5-7-9-13/h5-9,14,17H,10-12H2,1-4H3. The van der Waals surface area contributed by atoms with Crippen molar-refractivity contribution >= 4 is 0 Å². The zero-order chi connectivity index (χ0) is 13.2. The molecule has 0 amide bonds. The molecule has 2 atom stereocenters. The van der Waals surface area contributed by atoms with Crippen molar-refractivity contribution in [3.8, 4) is 0 Å². The molecular formula is C16H25NO. The van der Waals surface area contributed by atoms with Gasteiger partial charge in [-0.15, -0.1) is 0 Å². The molecule has 100 valence electrons. The van der Waals surface area contributed by atoms with E-state index in [1.807, 2.05) is 0 Å². The molecule has 1 N–H and O–H groups in total. The van der Waals surface area contributed by atoms with Gasteiger partial charge in [-0.2, -0.15) is 0 Å². The molecule has 0 heterocycles. The van der Waals surface area contributed by atoms with E-state index in [9.17, 15) is 0 Å². The molecule has 18 heavy (non-hydrogen) atoms. The smallest absolute Gasteiger partial charge is 0.0562 e. The summed E-state index contributed by atoms with van der Waals surface area (Å²) in [5.41, 5.74) is 1.86. The minimum absolute atomic E-state index is 0.193. The monoisotopic (exact) mass is 247 g/mol. The van der Waals surface area contributed by atoms with Gasteiger partial charge in [0.1, 0.15) is 0 Å². The molecule has 1 aliphatic carbocycles. The average molecular weight is 247 g/mol. The van der Waals surface area contributed by atoms with E-state index in [1.54, 1.807) is 7.11 Å². The van der Waals surface area contributed by atoms with Crippen LogP contribution in [0.15, 0.2) is 30.3 Å². The van der Waals surface area contributed by atoms with Crippen LogP contribution in [0.2, 0.25) is 0 Å². The van der Waals surface area contributed by atoms with Crippen LogP contribution in [0.3, 0.4) is 0 Å². The van der Waals surface area contributed by atoms with Gasteiger partial charge in [-0.3, -0.25) is 0 Å². The van der Waals surface area contributed by atoms with E-state index in [-0.39, 0.29) is 11.0 Å². The van der Waals surface area contributed by atoms with Gasteiger partial charge in [-0.05, 0) is 45.2 Å². The molecular weight excluding hydrogens is 222 g/mol. The molecule has 2 unspecified atom stereocenters. The Kier molecular flexibility index (Phi) is 3.79. The van der Waals surface area contributed by atoms with Crippen molar-refractivity contribution in [2.24, 2.45) is 5.92 Å². The lowest BCUT2D eigenvalue weighted by atomic mass is 9.94. The van der Waals surface area contributed by atoms with E-state index in [4.69, 9.17) is 4.74 Å². The van der Waals surface area contributed by atoms with Crippen molar-refractivity contribution < 1.29 is 4.74 Å². The predicted molar refractivity (Wildman–Crippen MR) is 75.9 cm³/mol. The Hall–Kier alpha value is -0.860. The van der Waals surface area contributed by atoms with Crippen LogP contribution in [-0.4, -0.2) is 25.8 Å². The molecule has 2 rings (SSSR count). The summed E-state index contributed by atoms with van der Waals surface area (Å²) in [6.07, 6.45) is 1.23. The molecule has 2 heteroatoms. The summed E-state index contributed by atoms with van der Waals surface area (Å²) in [5.74, 6) is 0.694. The number of rotatable bonds is 5. The van der Waals surface area contributed by atoms with Gasteiger partial charge in [0, 0.05) is 18.1 Å². The topological polar surface area (TPSA) is 21.3 Å². The second-order valence-corrected chi connectivity index (χ2v) is 6.49. The summed E-state index contributed by atoms with van der Waals surface area (Å²) < 4.78 is 5.46. The number of ether oxygens (including phenoxy) is 1. The number of hydrogen-bond donors (Lipinski definition) is 1. The van der Waals surface area contributed by atoms with Crippen molar-refractivity contribution in [1.29, 1.82) is 0 Å². The molecule has 1 fully saturated rings. The van der Waals surface area contributed by atoms with E-state index in [2.05, 4.69) is 56.4 Å². The lowest BCUT2D eigenvalue weighted by Gasteiger charge is -2.23. The largest absolute Gasteiger partial charge is 0.384 e. The summed E-state index contributed by atoms with van der Waals surface area (Å²) in [7, 11) is 1.80. The van der Waals surface area contributed by atoms with Crippen LogP contribution >= 0.6 is 0 Å². The molecule has 2 nitrogen and oxygen atoms in total. The Morgan fingerprint density at radius 1 is 1.28 bits per heavy atom. The third-order valence-corrected chi connectivity index (χ3v) is 3.86. The molecule has 0 spiro atoms. The van der Waals surface area contributed by atoms with Crippen LogP contribution in [0.4, 0.5) is 0 Å². The number of nitrogens with one attached hydrogen (secondary N) is 1. The molecule has 0 saturated heterocycles. The summed E-state index contributed by atoms with van der Waals surface area (Å²) in [6, 6.07) is 10.8. The van der Waals surface area contributed by atoms with Crippen LogP contribution in [0, 0.1) is 5.92 Å². The van der Waals surface area contributed by atoms with Crippen LogP contribution in [0.25, 0.3) is 0 Å². The Morgan fingerprint density at radius 3 is 2.50 bits per heavy atom. The van der Waals surface area contributed by atoms with Gasteiger partial charge in [-0.25, -0.2) is 0 Å². The lowest BCUT2D eigenvalue weighted by molar-refractivity contribution is 0.164. The van der Waals surface area contributed by atoms with E-state index in [1.165, 1.54) is 12.0 Å². The summed E-state index contributed by atoms with van der Waals surface area (Å²) in [5, 5.41) is 3.61. The first-order valence-corrected chi connectivity index (χ1v) is 6.77. The van der Waals surface area contributed by atoms with Crippen LogP contribution in [0.1, 0.15) is 32.8 Å². The SMILES string of the molecule is COCC1(c2ccccc2)CC1CNC(C)(C)C. The van der Waals surface area contributed by atoms with Crippen molar-refractivity contribution in [1.82, 2.24) is 5.32 Å². The molecule has 0 bridgehead atoms. The number of benzene rings is 1. The van der Waals surface area contributed by atoms with Gasteiger partial charge in [0.15, 0.2) is 0 Å². The van der Waals surface area contributed by atoms with Gasteiger partial charge in [0.05, 0.1) is 6.61 Å². The Bertz CT molecular complexity index is 382. The van der Waals surface area contributed by atoms with Gasteiger partial charge >= 0.3 is 0 Å². The van der Waals surface area contributed by atoms with E-state index >= 15 is 0 Å². The van der Waals surface area contributed by atoms with Gasteiger partial charge in [-0.1, -0.05) is 30.3 Å². The molecule has 1 aromatic rings. The highest BCUT2D eigenvalue weighted by molar-refractivity contribution is 5.34. The molecule has 1 aromatic carbocycles. The Morgan fingerprint density at radius 2 is 1.94 bits per heavy atom. The van der Waals surface area contributed by atoms with Crippen molar-refractivity contribution in [2.75, 3.05) is 20.3 Å². The molecule has 0 radical (unpaired) electrons. The third-order valence-electron chi connectivity index (χ3n) is 3.86. The highest BCUT2D eigenvalue weighted by atomic mass is 16.5. The van der Waals surface area contributed by atoms with Gasteiger partial charge in [0.2, 0.25) is 0 Å². The normalized spacial score (nSPS) is 27.2. The maximum Gasteiger partial charge on any atom is 0.0562 e. The van der Waals surface area contributed by atoms with E-state index in [0.29, 0.717) is 5.92 Å². The van der Waals surface area contributed by atoms with Crippen molar-refractivity contribution in [3.63, 3.8) is 0 Å². The zero-order valence-corrected chi connectivity index (χ0v) is 12.0. The predicted octanol–water partition coefficient (Wildman–Crippen LogP) is 2.98. The third kappa shape index (κ3) is 2.93. The van der Waals surface area contributed by atoms with Crippen molar-refractivity contribution in [3.05, 3.63) is 35.9 Å². The number of hydrogen-bond acceptors (Lipinski definition) is 2. The number of methoxy groups -OCH3 is 1. The fourth-order valence-corrected chi connectivity index (χ4v) is 2.72. The first kappa shape index (κ1) is 13.6. The van der Waals surface area contributed by atoms with E-state index in [0.717, 1.165) is 13.2 Å². The van der Waals surface area contributed by atoms with Gasteiger partial charge < -0.3 is 10.1 Å². The lowest BCUT2D eigenvalue weighted by Crippen LogP contribution is -2.38. The van der Waals surface area contributed by atoms with Gasteiger partial charge in [0.25, 0.3) is 0 Å². The van der Waals surface area contributed by atoms with E-state index < -0.39 is 0 Å². The quantitative estimate of drug-likeness (QED) is 0.863. The fourth-order valence-electron chi connectivity index (χ4n) is 2.72. The molecule has 1 saturated carbocycles. The van der Waals surface area contributed by atoms with Crippen molar-refractivity contribution in [2.45, 2.75) is 38.1 Å². The minimum atomic E-state index is 0.193. The molecule has 1 aliphatic rings. The molecule has 0 aliphatic heterocycles. The first-order valence-electron chi connectivity index (χ1n) is 6.77. The second kappa shape index (κ2) is 5.02. The van der Waals surface area contributed by atoms with Crippen LogP contribution < -0.4 is 5.32 Å². The fraction of sp³-hybridized carbons (Fsp3) is 0.625. The maximum atomic E-state index is 5.46. The summed E-state index contributed by atoms with van der Waals surface area (Å²) in [6.45, 7) is 8.55. The summed E-state index contributed by atoms with van der Waals surface area (Å²) in [4.78, 5) is 0. The highest BCUT2D eigenvalue weighted by Crippen LogP contribution is 2.54.